The fraction of sp³-hybridized carbons (Fsp3) is 0.217. The van der Waals surface area contributed by atoms with Gasteiger partial charge in [-0.15, -0.1) is 23.1 Å². The fourth-order valence-electron chi connectivity index (χ4n) is 3.42. The number of hydrogen-bond acceptors (Lipinski definition) is 6. The first-order valence-electron chi connectivity index (χ1n) is 10.0. The number of carbonyl (C=O) groups excluding carboxylic acids is 1. The summed E-state index contributed by atoms with van der Waals surface area (Å²) in [6.45, 7) is 0. The summed E-state index contributed by atoms with van der Waals surface area (Å²) in [4.78, 5) is 29.3. The Bertz CT molecular complexity index is 1160. The Labute approximate surface area is 198 Å². The SMILES string of the molecule is O=C(Cc1cccc(Cl)c1)N[C@@H](Cc1ccc([N+](=O)[O-])cc1)c1csc(C2=CCCS2)n1. The van der Waals surface area contributed by atoms with E-state index in [1.54, 1.807) is 47.4 Å². The molecule has 1 atom stereocenters. The highest BCUT2D eigenvalue weighted by Crippen LogP contribution is 2.36. The standard InChI is InChI=1S/C23H20ClN3O3S2/c24-17-4-1-3-16(11-17)13-22(28)25-19(12-15-6-8-18(9-7-15)27(29)30)20-14-32-23(26-20)21-5-2-10-31-21/h1,3-9,11,14,19H,2,10,12-13H2,(H,25,28)/t19-/m0/s1. The van der Waals surface area contributed by atoms with Gasteiger partial charge in [0.05, 0.1) is 23.1 Å². The summed E-state index contributed by atoms with van der Waals surface area (Å²) in [5.74, 6) is 0.926. The fourth-order valence-corrected chi connectivity index (χ4v) is 5.62. The van der Waals surface area contributed by atoms with E-state index in [1.807, 2.05) is 17.5 Å². The number of aromatic nitrogens is 1. The second kappa shape index (κ2) is 10.3. The van der Waals surface area contributed by atoms with Crippen molar-refractivity contribution in [2.24, 2.45) is 0 Å². The number of halogens is 1. The lowest BCUT2D eigenvalue weighted by Gasteiger charge is -2.17. The van der Waals surface area contributed by atoms with E-state index < -0.39 is 4.92 Å². The molecule has 0 saturated carbocycles. The molecule has 0 saturated heterocycles. The minimum Gasteiger partial charge on any atom is -0.347 e. The molecule has 0 radical (unpaired) electrons. The Morgan fingerprint density at radius 1 is 1.22 bits per heavy atom. The van der Waals surface area contributed by atoms with Gasteiger partial charge in [0.1, 0.15) is 5.01 Å². The van der Waals surface area contributed by atoms with Gasteiger partial charge in [-0.25, -0.2) is 4.98 Å². The molecule has 1 amide bonds. The lowest BCUT2D eigenvalue weighted by atomic mass is 10.0. The smallest absolute Gasteiger partial charge is 0.269 e. The second-order valence-corrected chi connectivity index (χ2v) is 9.77. The molecule has 6 nitrogen and oxygen atoms in total. The first kappa shape index (κ1) is 22.5. The molecular formula is C23H20ClN3O3S2. The number of thiazole rings is 1. The number of thioether (sulfide) groups is 1. The molecule has 9 heteroatoms. The molecule has 2 aromatic carbocycles. The van der Waals surface area contributed by atoms with E-state index in [1.165, 1.54) is 17.0 Å². The van der Waals surface area contributed by atoms with Crippen LogP contribution in [0.2, 0.25) is 5.02 Å². The molecule has 164 valence electrons. The van der Waals surface area contributed by atoms with Crippen LogP contribution >= 0.6 is 34.7 Å². The van der Waals surface area contributed by atoms with E-state index in [0.717, 1.165) is 34.0 Å². The molecule has 0 bridgehead atoms. The molecule has 4 rings (SSSR count). The van der Waals surface area contributed by atoms with Crippen LogP contribution in [-0.2, 0) is 17.6 Å². The number of rotatable bonds is 8. The van der Waals surface area contributed by atoms with Gasteiger partial charge in [0.25, 0.3) is 5.69 Å². The number of carbonyl (C=O) groups is 1. The number of hydrogen-bond donors (Lipinski definition) is 1. The minimum atomic E-state index is -0.423. The summed E-state index contributed by atoms with van der Waals surface area (Å²) < 4.78 is 0. The first-order valence-corrected chi connectivity index (χ1v) is 12.3. The summed E-state index contributed by atoms with van der Waals surface area (Å²) in [5.41, 5.74) is 2.54. The van der Waals surface area contributed by atoms with Crippen molar-refractivity contribution < 1.29 is 9.72 Å². The Kier molecular flexibility index (Phi) is 7.24. The van der Waals surface area contributed by atoms with Crippen LogP contribution < -0.4 is 5.32 Å². The van der Waals surface area contributed by atoms with Crippen molar-refractivity contribution in [3.63, 3.8) is 0 Å². The highest BCUT2D eigenvalue weighted by molar-refractivity contribution is 8.08. The maximum Gasteiger partial charge on any atom is 0.269 e. The van der Waals surface area contributed by atoms with Crippen LogP contribution in [0.4, 0.5) is 5.69 Å². The van der Waals surface area contributed by atoms with Crippen molar-refractivity contribution in [1.29, 1.82) is 0 Å². The van der Waals surface area contributed by atoms with Crippen molar-refractivity contribution in [2.45, 2.75) is 25.3 Å². The number of nitro groups is 1. The zero-order valence-corrected chi connectivity index (χ0v) is 19.4. The van der Waals surface area contributed by atoms with E-state index in [0.29, 0.717) is 11.4 Å². The van der Waals surface area contributed by atoms with Crippen LogP contribution in [0.5, 0.6) is 0 Å². The minimum absolute atomic E-state index is 0.0384. The van der Waals surface area contributed by atoms with Crippen LogP contribution in [0, 0.1) is 10.1 Å². The van der Waals surface area contributed by atoms with Crippen LogP contribution in [0.1, 0.15) is 34.3 Å². The highest BCUT2D eigenvalue weighted by atomic mass is 35.5. The first-order chi connectivity index (χ1) is 15.5. The second-order valence-electron chi connectivity index (χ2n) is 7.34. The molecule has 1 aliphatic heterocycles. The number of nitrogens with one attached hydrogen (secondary N) is 1. The van der Waals surface area contributed by atoms with Crippen molar-refractivity contribution in [3.05, 3.63) is 97.0 Å². The zero-order chi connectivity index (χ0) is 22.5. The Morgan fingerprint density at radius 3 is 2.72 bits per heavy atom. The monoisotopic (exact) mass is 485 g/mol. The number of allylic oxidation sites excluding steroid dienone is 1. The summed E-state index contributed by atoms with van der Waals surface area (Å²) in [6.07, 6.45) is 3.91. The molecule has 2 heterocycles. The van der Waals surface area contributed by atoms with Gasteiger partial charge in [0.15, 0.2) is 0 Å². The molecule has 32 heavy (non-hydrogen) atoms. The van der Waals surface area contributed by atoms with Crippen LogP contribution in [-0.4, -0.2) is 21.6 Å². The lowest BCUT2D eigenvalue weighted by Crippen LogP contribution is -2.31. The summed E-state index contributed by atoms with van der Waals surface area (Å²) in [7, 11) is 0. The van der Waals surface area contributed by atoms with Crippen LogP contribution in [0.25, 0.3) is 4.91 Å². The van der Waals surface area contributed by atoms with E-state index in [2.05, 4.69) is 11.4 Å². The number of amides is 1. The number of benzene rings is 2. The quantitative estimate of drug-likeness (QED) is 0.320. The van der Waals surface area contributed by atoms with Gasteiger partial charge in [0, 0.05) is 33.2 Å². The molecule has 0 spiro atoms. The molecule has 0 unspecified atom stereocenters. The van der Waals surface area contributed by atoms with Gasteiger partial charge in [-0.1, -0.05) is 41.9 Å². The molecule has 1 aliphatic rings. The van der Waals surface area contributed by atoms with Gasteiger partial charge in [0.2, 0.25) is 5.91 Å². The molecule has 0 aliphatic carbocycles. The third-order valence-electron chi connectivity index (χ3n) is 4.97. The van der Waals surface area contributed by atoms with Crippen molar-refractivity contribution in [1.82, 2.24) is 10.3 Å². The van der Waals surface area contributed by atoms with Crippen molar-refractivity contribution >= 4 is 51.2 Å². The zero-order valence-electron chi connectivity index (χ0n) is 17.0. The Morgan fingerprint density at radius 2 is 2.03 bits per heavy atom. The average Bonchev–Trinajstić information content (AvgIpc) is 3.46. The predicted octanol–water partition coefficient (Wildman–Crippen LogP) is 5.83. The van der Waals surface area contributed by atoms with Crippen molar-refractivity contribution in [3.8, 4) is 0 Å². The molecule has 1 N–H and O–H groups in total. The highest BCUT2D eigenvalue weighted by Gasteiger charge is 2.21. The molecule has 0 fully saturated rings. The third-order valence-corrected chi connectivity index (χ3v) is 7.34. The summed E-state index contributed by atoms with van der Waals surface area (Å²) >= 11 is 9.40. The van der Waals surface area contributed by atoms with Gasteiger partial charge in [-0.05, 0) is 36.1 Å². The Balaban J connectivity index is 1.54. The van der Waals surface area contributed by atoms with E-state index in [9.17, 15) is 14.9 Å². The predicted molar refractivity (Wildman–Crippen MR) is 130 cm³/mol. The maximum absolute atomic E-state index is 12.8. The van der Waals surface area contributed by atoms with Gasteiger partial charge >= 0.3 is 0 Å². The number of non-ortho nitro benzene ring substituents is 1. The molecule has 3 aromatic rings. The topological polar surface area (TPSA) is 85.1 Å². The summed E-state index contributed by atoms with van der Waals surface area (Å²) in [6, 6.07) is 13.3. The lowest BCUT2D eigenvalue weighted by molar-refractivity contribution is -0.384. The average molecular weight is 486 g/mol. The van der Waals surface area contributed by atoms with Crippen LogP contribution in [0.15, 0.2) is 60.0 Å². The number of nitrogens with zero attached hydrogens (tertiary/aromatic N) is 2. The normalized spacial score (nSPS) is 14.1. The van der Waals surface area contributed by atoms with Gasteiger partial charge in [-0.2, -0.15) is 0 Å². The maximum atomic E-state index is 12.8. The van der Waals surface area contributed by atoms with E-state index in [4.69, 9.17) is 16.6 Å². The molecule has 1 aromatic heterocycles. The van der Waals surface area contributed by atoms with E-state index >= 15 is 0 Å². The van der Waals surface area contributed by atoms with E-state index in [-0.39, 0.29) is 24.1 Å². The van der Waals surface area contributed by atoms with Crippen LogP contribution in [0.3, 0.4) is 0 Å². The summed E-state index contributed by atoms with van der Waals surface area (Å²) in [5, 5.41) is 17.6. The van der Waals surface area contributed by atoms with Gasteiger partial charge in [-0.3, -0.25) is 14.9 Å². The Hall–Kier alpha value is -2.68. The largest absolute Gasteiger partial charge is 0.347 e. The molecular weight excluding hydrogens is 466 g/mol. The van der Waals surface area contributed by atoms with Gasteiger partial charge < -0.3 is 5.32 Å². The number of nitro benzene ring substituents is 1. The van der Waals surface area contributed by atoms with Crippen molar-refractivity contribution in [2.75, 3.05) is 5.75 Å². The third kappa shape index (κ3) is 5.76.